The van der Waals surface area contributed by atoms with E-state index < -0.39 is 23.5 Å². The molecule has 0 aliphatic heterocycles. The Kier molecular flexibility index (Phi) is 7.97. The van der Waals surface area contributed by atoms with Gasteiger partial charge in [-0.2, -0.15) is 0 Å². The maximum absolute atomic E-state index is 13.3. The van der Waals surface area contributed by atoms with Crippen LogP contribution in [0.5, 0.6) is 5.75 Å². The number of nitrogens with zero attached hydrogens (tertiary/aromatic N) is 2. The number of benzene rings is 2. The number of methoxy groups -OCH3 is 1. The second-order valence-corrected chi connectivity index (χ2v) is 8.32. The Balaban J connectivity index is 1.90. The fourth-order valence-electron chi connectivity index (χ4n) is 3.53. The van der Waals surface area contributed by atoms with Gasteiger partial charge in [-0.15, -0.1) is 12.6 Å². The zero-order chi connectivity index (χ0) is 24.1. The number of thiol groups is 1. The molecule has 0 saturated carbocycles. The maximum Gasteiger partial charge on any atom is 0.331 e. The molecule has 8 heteroatoms. The van der Waals surface area contributed by atoms with E-state index in [4.69, 9.17) is 4.74 Å². The highest BCUT2D eigenvalue weighted by Gasteiger charge is 2.19. The van der Waals surface area contributed by atoms with E-state index in [1.807, 2.05) is 61.5 Å². The largest absolute Gasteiger partial charge is 0.497 e. The van der Waals surface area contributed by atoms with Gasteiger partial charge in [-0.25, -0.2) is 4.79 Å². The lowest BCUT2D eigenvalue weighted by molar-refractivity contribution is 0.180. The Labute approximate surface area is 198 Å². The minimum atomic E-state index is -1.09. The number of nitrogens with one attached hydrogen (secondary N) is 1. The standard InChI is InChI=1S/C25H29N3O4S/c1-16(19-8-6-5-7-9-19)28-24(30)21(17(2)27(3)25(28)31)14-22(33)23(29)26-15-18-10-12-20(32-4)13-11-18/h5-14,16,23,26,29,33H,15H2,1-4H3/b22-14-. The van der Waals surface area contributed by atoms with Crippen LogP contribution in [-0.2, 0) is 13.6 Å². The van der Waals surface area contributed by atoms with Crippen molar-refractivity contribution in [1.29, 1.82) is 0 Å². The smallest absolute Gasteiger partial charge is 0.331 e. The summed E-state index contributed by atoms with van der Waals surface area (Å²) in [6.07, 6.45) is 0.423. The maximum atomic E-state index is 13.3. The molecule has 2 aromatic carbocycles. The minimum Gasteiger partial charge on any atom is -0.497 e. The number of aliphatic hydroxyl groups excluding tert-OH is 1. The minimum absolute atomic E-state index is 0.265. The van der Waals surface area contributed by atoms with E-state index in [2.05, 4.69) is 17.9 Å². The second-order valence-electron chi connectivity index (χ2n) is 7.80. The Morgan fingerprint density at radius 2 is 1.79 bits per heavy atom. The van der Waals surface area contributed by atoms with Crippen LogP contribution >= 0.6 is 12.6 Å². The van der Waals surface area contributed by atoms with Gasteiger partial charge in [0.15, 0.2) is 0 Å². The van der Waals surface area contributed by atoms with Gasteiger partial charge in [-0.1, -0.05) is 42.5 Å². The molecular formula is C25H29N3O4S. The third-order valence-corrected chi connectivity index (χ3v) is 6.11. The topological polar surface area (TPSA) is 85.5 Å². The van der Waals surface area contributed by atoms with Gasteiger partial charge in [0.2, 0.25) is 0 Å². The number of ether oxygens (including phenoxy) is 1. The Hall–Kier alpha value is -3.07. The zero-order valence-corrected chi connectivity index (χ0v) is 20.0. The average molecular weight is 468 g/mol. The van der Waals surface area contributed by atoms with Crippen LogP contribution in [0.25, 0.3) is 6.08 Å². The van der Waals surface area contributed by atoms with Crippen LogP contribution in [0, 0.1) is 6.92 Å². The molecule has 33 heavy (non-hydrogen) atoms. The summed E-state index contributed by atoms with van der Waals surface area (Å²) in [4.78, 5) is 26.5. The fraction of sp³-hybridized carbons (Fsp3) is 0.280. The van der Waals surface area contributed by atoms with E-state index in [9.17, 15) is 14.7 Å². The Morgan fingerprint density at radius 1 is 1.15 bits per heavy atom. The van der Waals surface area contributed by atoms with Gasteiger partial charge >= 0.3 is 5.69 Å². The van der Waals surface area contributed by atoms with Crippen molar-refractivity contribution in [3.8, 4) is 5.75 Å². The van der Waals surface area contributed by atoms with Crippen molar-refractivity contribution in [3.63, 3.8) is 0 Å². The van der Waals surface area contributed by atoms with Crippen LogP contribution in [0.1, 0.15) is 35.3 Å². The quantitative estimate of drug-likeness (QED) is 0.350. The summed E-state index contributed by atoms with van der Waals surface area (Å²) in [6, 6.07) is 16.4. The Bertz CT molecular complexity index is 1250. The lowest BCUT2D eigenvalue weighted by Gasteiger charge is -2.19. The van der Waals surface area contributed by atoms with Crippen molar-refractivity contribution in [2.75, 3.05) is 7.11 Å². The van der Waals surface area contributed by atoms with Crippen molar-refractivity contribution in [1.82, 2.24) is 14.5 Å². The first kappa shape index (κ1) is 24.6. The first-order valence-corrected chi connectivity index (χ1v) is 11.0. The molecule has 0 aliphatic carbocycles. The molecule has 0 amide bonds. The summed E-state index contributed by atoms with van der Waals surface area (Å²) >= 11 is 4.42. The molecule has 0 spiro atoms. The van der Waals surface area contributed by atoms with Crippen molar-refractivity contribution in [2.45, 2.75) is 32.7 Å². The number of aliphatic hydroxyl groups is 1. The van der Waals surface area contributed by atoms with Gasteiger partial charge in [0, 0.05) is 24.2 Å². The average Bonchev–Trinajstić information content (AvgIpc) is 2.84. The number of hydrogen-bond acceptors (Lipinski definition) is 6. The molecule has 3 rings (SSSR count). The fourth-order valence-corrected chi connectivity index (χ4v) is 3.76. The van der Waals surface area contributed by atoms with Gasteiger partial charge in [0.25, 0.3) is 5.56 Å². The van der Waals surface area contributed by atoms with Crippen LogP contribution < -0.4 is 21.3 Å². The summed E-state index contributed by atoms with van der Waals surface area (Å²) in [5.41, 5.74) is 1.77. The molecule has 0 fully saturated rings. The predicted octanol–water partition coefficient (Wildman–Crippen LogP) is 2.85. The third-order valence-electron chi connectivity index (χ3n) is 5.74. The van der Waals surface area contributed by atoms with Gasteiger partial charge < -0.3 is 14.4 Å². The van der Waals surface area contributed by atoms with E-state index in [1.54, 1.807) is 21.1 Å². The molecule has 0 radical (unpaired) electrons. The van der Waals surface area contributed by atoms with Crippen molar-refractivity contribution in [2.24, 2.45) is 7.05 Å². The molecule has 0 aliphatic rings. The first-order chi connectivity index (χ1) is 15.7. The molecule has 174 valence electrons. The zero-order valence-electron chi connectivity index (χ0n) is 19.1. The molecule has 1 aromatic heterocycles. The van der Waals surface area contributed by atoms with Gasteiger partial charge in [0.1, 0.15) is 12.0 Å². The summed E-state index contributed by atoms with van der Waals surface area (Å²) in [6.45, 7) is 3.91. The summed E-state index contributed by atoms with van der Waals surface area (Å²) in [5, 5.41) is 13.5. The van der Waals surface area contributed by atoms with Crippen LogP contribution in [-0.4, -0.2) is 27.6 Å². The molecule has 0 saturated heterocycles. The van der Waals surface area contributed by atoms with Crippen molar-refractivity contribution in [3.05, 3.63) is 103 Å². The summed E-state index contributed by atoms with van der Waals surface area (Å²) < 4.78 is 7.81. The summed E-state index contributed by atoms with van der Waals surface area (Å²) in [5.74, 6) is 0.750. The van der Waals surface area contributed by atoms with Crippen LogP contribution in [0.3, 0.4) is 0 Å². The molecule has 3 aromatic rings. The highest BCUT2D eigenvalue weighted by Crippen LogP contribution is 2.17. The lowest BCUT2D eigenvalue weighted by atomic mass is 10.1. The molecule has 0 bridgehead atoms. The molecule has 2 unspecified atom stereocenters. The molecule has 2 atom stereocenters. The second kappa shape index (κ2) is 10.7. The first-order valence-electron chi connectivity index (χ1n) is 10.6. The molecular weight excluding hydrogens is 438 g/mol. The number of rotatable bonds is 8. The van der Waals surface area contributed by atoms with E-state index in [-0.39, 0.29) is 4.91 Å². The lowest BCUT2D eigenvalue weighted by Crippen LogP contribution is -2.43. The monoisotopic (exact) mass is 467 g/mol. The third kappa shape index (κ3) is 5.47. The molecule has 2 N–H and O–H groups in total. The van der Waals surface area contributed by atoms with Gasteiger partial charge in [0.05, 0.1) is 18.7 Å². The normalized spacial score (nSPS) is 13.6. The molecule has 1 heterocycles. The number of aromatic nitrogens is 2. The number of hydrogen-bond donors (Lipinski definition) is 3. The van der Waals surface area contributed by atoms with Crippen LogP contribution in [0.15, 0.2) is 69.1 Å². The van der Waals surface area contributed by atoms with Crippen LogP contribution in [0.4, 0.5) is 0 Å². The highest BCUT2D eigenvalue weighted by molar-refractivity contribution is 7.84. The van der Waals surface area contributed by atoms with E-state index in [1.165, 1.54) is 15.2 Å². The molecule has 7 nitrogen and oxygen atoms in total. The van der Waals surface area contributed by atoms with E-state index in [0.717, 1.165) is 16.9 Å². The van der Waals surface area contributed by atoms with Crippen molar-refractivity contribution >= 4 is 18.7 Å². The SMILES string of the molecule is COc1ccc(CNC(O)/C(S)=C/c2c(C)n(C)c(=O)n(C(C)c3ccccc3)c2=O)cc1. The van der Waals surface area contributed by atoms with E-state index in [0.29, 0.717) is 17.8 Å². The highest BCUT2D eigenvalue weighted by atomic mass is 32.1. The van der Waals surface area contributed by atoms with Crippen molar-refractivity contribution < 1.29 is 9.84 Å². The Morgan fingerprint density at radius 3 is 2.39 bits per heavy atom. The van der Waals surface area contributed by atoms with E-state index >= 15 is 0 Å². The van der Waals surface area contributed by atoms with Gasteiger partial charge in [-0.3, -0.25) is 14.7 Å². The van der Waals surface area contributed by atoms with Gasteiger partial charge in [-0.05, 0) is 43.2 Å². The predicted molar refractivity (Wildman–Crippen MR) is 134 cm³/mol. The summed E-state index contributed by atoms with van der Waals surface area (Å²) in [7, 11) is 3.23. The van der Waals surface area contributed by atoms with Crippen LogP contribution in [0.2, 0.25) is 0 Å².